The highest BCUT2D eigenvalue weighted by Gasteiger charge is 2.04. The zero-order chi connectivity index (χ0) is 7.28. The summed E-state index contributed by atoms with van der Waals surface area (Å²) in [7, 11) is 0. The van der Waals surface area contributed by atoms with Gasteiger partial charge < -0.3 is 0 Å². The van der Waals surface area contributed by atoms with Crippen molar-refractivity contribution in [2.45, 2.75) is 15.4 Å². The van der Waals surface area contributed by atoms with Crippen molar-refractivity contribution in [1.29, 1.82) is 0 Å². The van der Waals surface area contributed by atoms with E-state index in [-0.39, 0.29) is 0 Å². The molecule has 0 fully saturated rings. The summed E-state index contributed by atoms with van der Waals surface area (Å²) in [6.45, 7) is 2.04. The summed E-state index contributed by atoms with van der Waals surface area (Å²) in [5.74, 6) is 0. The van der Waals surface area contributed by atoms with Crippen LogP contribution in [0.25, 0.3) is 0 Å². The monoisotopic (exact) mass is 218 g/mol. The van der Waals surface area contributed by atoms with Gasteiger partial charge in [0, 0.05) is 9.67 Å². The summed E-state index contributed by atoms with van der Waals surface area (Å²) >= 11 is 16.0. The van der Waals surface area contributed by atoms with Gasteiger partial charge in [0.2, 0.25) is 0 Å². The minimum Gasteiger partial charge on any atom is -0.168 e. The fourth-order valence-electron chi connectivity index (χ4n) is 0.272. The Balaban J connectivity index is 3.15. The van der Waals surface area contributed by atoms with E-state index in [2.05, 4.69) is 37.9 Å². The molecule has 0 aliphatic rings. The van der Waals surface area contributed by atoms with Crippen molar-refractivity contribution in [2.75, 3.05) is 5.08 Å². The fourth-order valence-corrected chi connectivity index (χ4v) is 4.53. The molecular weight excluding hydrogens is 208 g/mol. The second-order valence-corrected chi connectivity index (χ2v) is 7.26. The van der Waals surface area contributed by atoms with E-state index in [0.717, 1.165) is 5.08 Å². The first kappa shape index (κ1) is 10.8. The third-order valence-corrected chi connectivity index (χ3v) is 3.96. The number of thioether (sulfide) groups is 2. The molecule has 56 valence electrons. The molecule has 0 amide bonds. The van der Waals surface area contributed by atoms with Gasteiger partial charge in [-0.1, -0.05) is 0 Å². The number of hydrogen-bond donors (Lipinski definition) is 3. The summed E-state index contributed by atoms with van der Waals surface area (Å²) < 4.78 is 0.676. The second-order valence-electron chi connectivity index (χ2n) is 1.34. The Morgan fingerprint density at radius 2 is 2.00 bits per heavy atom. The van der Waals surface area contributed by atoms with Crippen molar-refractivity contribution in [2.24, 2.45) is 0 Å². The Kier molecular flexibility index (Phi) is 7.72. The zero-order valence-electron chi connectivity index (χ0n) is 5.02. The Hall–Kier alpha value is 1.75. The van der Waals surface area contributed by atoms with Crippen molar-refractivity contribution in [3.8, 4) is 0 Å². The molecule has 5 heteroatoms. The van der Waals surface area contributed by atoms with E-state index in [4.69, 9.17) is 0 Å². The number of rotatable bonds is 4. The Bertz CT molecular complexity index is 64.0. The molecule has 0 aliphatic carbocycles. The molecule has 0 aromatic carbocycles. The lowest BCUT2D eigenvalue weighted by atomic mass is 11.0. The van der Waals surface area contributed by atoms with Crippen molar-refractivity contribution in [3.05, 3.63) is 0 Å². The van der Waals surface area contributed by atoms with Crippen LogP contribution in [0.5, 0.6) is 0 Å². The lowest BCUT2D eigenvalue weighted by Crippen LogP contribution is -1.90. The standard InChI is InChI=1S/C4H10S5/c1-3(6)9-4(7)8-2-5/h3-7H,2H2,1H3. The van der Waals surface area contributed by atoms with E-state index in [0.29, 0.717) is 8.50 Å². The SMILES string of the molecule is CC(S)SC(S)SCS. The Labute approximate surface area is 81.5 Å². The smallest absolute Gasteiger partial charge is 0.0946 e. The predicted octanol–water partition coefficient (Wildman–Crippen LogP) is 2.83. The molecule has 0 aromatic heterocycles. The minimum atomic E-state index is 0.315. The van der Waals surface area contributed by atoms with E-state index in [1.807, 2.05) is 6.92 Å². The number of hydrogen-bond acceptors (Lipinski definition) is 5. The topological polar surface area (TPSA) is 0 Å². The summed E-state index contributed by atoms with van der Waals surface area (Å²) in [6, 6.07) is 0. The van der Waals surface area contributed by atoms with E-state index in [1.54, 1.807) is 23.5 Å². The van der Waals surface area contributed by atoms with Crippen LogP contribution in [-0.2, 0) is 0 Å². The maximum atomic E-state index is 4.28. The second kappa shape index (κ2) is 6.46. The Morgan fingerprint density at radius 1 is 1.44 bits per heavy atom. The van der Waals surface area contributed by atoms with Gasteiger partial charge in [-0.15, -0.1) is 23.5 Å². The summed E-state index contributed by atoms with van der Waals surface area (Å²) in [5.41, 5.74) is 0. The van der Waals surface area contributed by atoms with Gasteiger partial charge in [0.25, 0.3) is 0 Å². The molecule has 0 nitrogen and oxygen atoms in total. The van der Waals surface area contributed by atoms with Crippen LogP contribution in [0, 0.1) is 0 Å². The van der Waals surface area contributed by atoms with E-state index in [1.165, 1.54) is 0 Å². The van der Waals surface area contributed by atoms with Gasteiger partial charge in [-0.2, -0.15) is 37.9 Å². The molecule has 0 heterocycles. The molecule has 0 bridgehead atoms. The van der Waals surface area contributed by atoms with E-state index in [9.17, 15) is 0 Å². The van der Waals surface area contributed by atoms with Crippen LogP contribution in [0.1, 0.15) is 6.92 Å². The molecule has 0 aromatic rings. The largest absolute Gasteiger partial charge is 0.168 e. The average Bonchev–Trinajstić information content (AvgIpc) is 1.63. The van der Waals surface area contributed by atoms with Gasteiger partial charge in [-0.3, -0.25) is 0 Å². The van der Waals surface area contributed by atoms with Gasteiger partial charge in [-0.05, 0) is 6.92 Å². The first-order chi connectivity index (χ1) is 4.16. The lowest BCUT2D eigenvalue weighted by Gasteiger charge is -2.09. The molecule has 0 rings (SSSR count). The maximum Gasteiger partial charge on any atom is 0.0946 e. The first-order valence-electron chi connectivity index (χ1n) is 2.41. The van der Waals surface area contributed by atoms with E-state index >= 15 is 0 Å². The van der Waals surface area contributed by atoms with Crippen molar-refractivity contribution >= 4 is 61.4 Å². The van der Waals surface area contributed by atoms with Crippen LogP contribution in [0.2, 0.25) is 0 Å². The van der Waals surface area contributed by atoms with Crippen molar-refractivity contribution in [1.82, 2.24) is 0 Å². The molecular formula is C4H10S5. The summed E-state index contributed by atoms with van der Waals surface area (Å²) in [5, 5.41) is 0.821. The Morgan fingerprint density at radius 3 is 2.33 bits per heavy atom. The highest BCUT2D eigenvalue weighted by Crippen LogP contribution is 2.31. The van der Waals surface area contributed by atoms with Gasteiger partial charge in [0.05, 0.1) is 3.91 Å². The number of thiol groups is 3. The maximum absolute atomic E-state index is 4.28. The third kappa shape index (κ3) is 7.65. The molecule has 0 saturated heterocycles. The van der Waals surface area contributed by atoms with Crippen molar-refractivity contribution < 1.29 is 0 Å². The molecule has 0 radical (unpaired) electrons. The predicted molar refractivity (Wildman–Crippen MR) is 60.3 cm³/mol. The zero-order valence-corrected chi connectivity index (χ0v) is 9.34. The van der Waals surface area contributed by atoms with Gasteiger partial charge in [0.1, 0.15) is 0 Å². The fraction of sp³-hybridized carbons (Fsp3) is 1.00. The normalized spacial score (nSPS) is 17.3. The van der Waals surface area contributed by atoms with E-state index < -0.39 is 0 Å². The summed E-state index contributed by atoms with van der Waals surface area (Å²) in [4.78, 5) is 0. The summed E-state index contributed by atoms with van der Waals surface area (Å²) in [6.07, 6.45) is 0. The highest BCUT2D eigenvalue weighted by atomic mass is 32.3. The third-order valence-electron chi connectivity index (χ3n) is 0.530. The minimum absolute atomic E-state index is 0.315. The molecule has 0 saturated carbocycles. The van der Waals surface area contributed by atoms with Crippen LogP contribution in [0.4, 0.5) is 0 Å². The van der Waals surface area contributed by atoms with Crippen LogP contribution in [0.15, 0.2) is 0 Å². The van der Waals surface area contributed by atoms with Gasteiger partial charge >= 0.3 is 0 Å². The molecule has 0 spiro atoms. The molecule has 0 aliphatic heterocycles. The molecule has 9 heavy (non-hydrogen) atoms. The van der Waals surface area contributed by atoms with Crippen LogP contribution in [0.3, 0.4) is 0 Å². The van der Waals surface area contributed by atoms with Crippen LogP contribution >= 0.6 is 61.4 Å². The molecule has 0 N–H and O–H groups in total. The molecule has 2 unspecified atom stereocenters. The first-order valence-corrected chi connectivity index (χ1v) is 6.06. The van der Waals surface area contributed by atoms with Gasteiger partial charge in [0.15, 0.2) is 0 Å². The van der Waals surface area contributed by atoms with Gasteiger partial charge in [-0.25, -0.2) is 0 Å². The highest BCUT2D eigenvalue weighted by molar-refractivity contribution is 8.32. The quantitative estimate of drug-likeness (QED) is 0.490. The lowest BCUT2D eigenvalue weighted by molar-refractivity contribution is 1.44. The van der Waals surface area contributed by atoms with Crippen LogP contribution in [-0.4, -0.2) is 13.6 Å². The molecule has 2 atom stereocenters. The van der Waals surface area contributed by atoms with Crippen molar-refractivity contribution in [3.63, 3.8) is 0 Å². The average molecular weight is 218 g/mol. The van der Waals surface area contributed by atoms with Crippen LogP contribution < -0.4 is 0 Å².